The number of sulfonamides is 1. The van der Waals surface area contributed by atoms with Crippen molar-refractivity contribution >= 4 is 15.7 Å². The number of hydrogen-bond donors (Lipinski definition) is 2. The van der Waals surface area contributed by atoms with E-state index in [1.165, 1.54) is 12.5 Å². The lowest BCUT2D eigenvalue weighted by Gasteiger charge is -2.19. The standard InChI is InChI=1S/C13H21N3O3S/c1-16-7-2-3-11(16)6-8-19-12-5-4-10(14)9-13(12)20(15,17)18/h4-5,9,11H,2-3,6-8,14H2,1H3,(H2,15,17,18). The predicted octanol–water partition coefficient (Wildman–Crippen LogP) is 0.779. The number of hydrogen-bond acceptors (Lipinski definition) is 5. The fraction of sp³-hybridized carbons (Fsp3) is 0.538. The number of rotatable bonds is 5. The van der Waals surface area contributed by atoms with E-state index in [0.717, 1.165) is 19.4 Å². The van der Waals surface area contributed by atoms with Crippen molar-refractivity contribution in [2.45, 2.75) is 30.2 Å². The van der Waals surface area contributed by atoms with Crippen molar-refractivity contribution in [3.05, 3.63) is 18.2 Å². The van der Waals surface area contributed by atoms with Crippen LogP contribution >= 0.6 is 0 Å². The molecule has 1 aliphatic rings. The van der Waals surface area contributed by atoms with E-state index in [9.17, 15) is 8.42 Å². The molecule has 6 nitrogen and oxygen atoms in total. The van der Waals surface area contributed by atoms with Crippen LogP contribution in [-0.2, 0) is 10.0 Å². The fourth-order valence-electron chi connectivity index (χ4n) is 2.52. The molecule has 7 heteroatoms. The van der Waals surface area contributed by atoms with Gasteiger partial charge in [-0.3, -0.25) is 0 Å². The molecule has 1 atom stereocenters. The summed E-state index contributed by atoms with van der Waals surface area (Å²) in [6.07, 6.45) is 3.22. The Morgan fingerprint density at radius 2 is 2.20 bits per heavy atom. The Bertz CT molecular complexity index is 574. The number of ether oxygens (including phenoxy) is 1. The lowest BCUT2D eigenvalue weighted by atomic mass is 10.1. The largest absolute Gasteiger partial charge is 0.492 e. The number of nitrogen functional groups attached to an aromatic ring is 1. The van der Waals surface area contributed by atoms with Crippen LogP contribution in [0.5, 0.6) is 5.75 Å². The van der Waals surface area contributed by atoms with Crippen LogP contribution in [0.2, 0.25) is 0 Å². The molecular formula is C13H21N3O3S. The first kappa shape index (κ1) is 15.1. The lowest BCUT2D eigenvalue weighted by Crippen LogP contribution is -2.26. The molecule has 20 heavy (non-hydrogen) atoms. The van der Waals surface area contributed by atoms with Crippen molar-refractivity contribution in [3.63, 3.8) is 0 Å². The summed E-state index contributed by atoms with van der Waals surface area (Å²) >= 11 is 0. The quantitative estimate of drug-likeness (QED) is 0.783. The van der Waals surface area contributed by atoms with Crippen molar-refractivity contribution in [1.29, 1.82) is 0 Å². The average Bonchev–Trinajstić information content (AvgIpc) is 2.76. The minimum absolute atomic E-state index is 0.0581. The molecule has 1 fully saturated rings. The maximum Gasteiger partial charge on any atom is 0.241 e. The van der Waals surface area contributed by atoms with Crippen molar-refractivity contribution in [2.75, 3.05) is 25.9 Å². The molecule has 0 spiro atoms. The van der Waals surface area contributed by atoms with E-state index in [4.69, 9.17) is 15.6 Å². The highest BCUT2D eigenvalue weighted by Gasteiger charge is 2.21. The zero-order valence-corrected chi connectivity index (χ0v) is 12.4. The van der Waals surface area contributed by atoms with E-state index < -0.39 is 10.0 Å². The van der Waals surface area contributed by atoms with Gasteiger partial charge in [-0.25, -0.2) is 13.6 Å². The minimum Gasteiger partial charge on any atom is -0.492 e. The molecule has 1 aromatic carbocycles. The Kier molecular flexibility index (Phi) is 4.52. The van der Waals surface area contributed by atoms with Gasteiger partial charge in [0.2, 0.25) is 10.0 Å². The first-order valence-electron chi connectivity index (χ1n) is 6.63. The van der Waals surface area contributed by atoms with Crippen molar-refractivity contribution in [2.24, 2.45) is 5.14 Å². The molecule has 1 aliphatic heterocycles. The third-order valence-corrected chi connectivity index (χ3v) is 4.59. The molecule has 1 saturated heterocycles. The van der Waals surface area contributed by atoms with Crippen LogP contribution in [0.3, 0.4) is 0 Å². The lowest BCUT2D eigenvalue weighted by molar-refractivity contribution is 0.230. The van der Waals surface area contributed by atoms with E-state index in [1.54, 1.807) is 12.1 Å². The second-order valence-corrected chi connectivity index (χ2v) is 6.69. The summed E-state index contributed by atoms with van der Waals surface area (Å²) in [6.45, 7) is 1.57. The maximum atomic E-state index is 11.5. The van der Waals surface area contributed by atoms with Gasteiger partial charge < -0.3 is 15.4 Å². The number of benzene rings is 1. The van der Waals surface area contributed by atoms with Crippen molar-refractivity contribution < 1.29 is 13.2 Å². The topological polar surface area (TPSA) is 98.7 Å². The third-order valence-electron chi connectivity index (χ3n) is 3.65. The molecular weight excluding hydrogens is 278 g/mol. The van der Waals surface area contributed by atoms with Gasteiger partial charge in [0.1, 0.15) is 10.6 Å². The van der Waals surface area contributed by atoms with Gasteiger partial charge >= 0.3 is 0 Å². The fourth-order valence-corrected chi connectivity index (χ4v) is 3.22. The second-order valence-electron chi connectivity index (χ2n) is 5.16. The summed E-state index contributed by atoms with van der Waals surface area (Å²) < 4.78 is 28.6. The second kappa shape index (κ2) is 5.99. The van der Waals surface area contributed by atoms with E-state index in [1.807, 2.05) is 0 Å². The smallest absolute Gasteiger partial charge is 0.241 e. The first-order chi connectivity index (χ1) is 9.38. The zero-order chi connectivity index (χ0) is 14.8. The predicted molar refractivity (Wildman–Crippen MR) is 78.0 cm³/mol. The maximum absolute atomic E-state index is 11.5. The highest BCUT2D eigenvalue weighted by molar-refractivity contribution is 7.89. The van der Waals surface area contributed by atoms with E-state index >= 15 is 0 Å². The molecule has 0 saturated carbocycles. The normalized spacial score (nSPS) is 20.2. The van der Waals surface area contributed by atoms with Gasteiger partial charge in [-0.05, 0) is 51.1 Å². The molecule has 2 rings (SSSR count). The number of primary sulfonamides is 1. The van der Waals surface area contributed by atoms with Gasteiger partial charge in [0.25, 0.3) is 0 Å². The van der Waals surface area contributed by atoms with Gasteiger partial charge in [0.05, 0.1) is 6.61 Å². The molecule has 4 N–H and O–H groups in total. The van der Waals surface area contributed by atoms with Crippen LogP contribution in [0.1, 0.15) is 19.3 Å². The summed E-state index contributed by atoms with van der Waals surface area (Å²) in [7, 11) is -1.74. The summed E-state index contributed by atoms with van der Waals surface area (Å²) in [5.41, 5.74) is 5.93. The zero-order valence-electron chi connectivity index (χ0n) is 11.6. The number of nitrogens with zero attached hydrogens (tertiary/aromatic N) is 1. The SMILES string of the molecule is CN1CCCC1CCOc1ccc(N)cc1S(N)(=O)=O. The summed E-state index contributed by atoms with van der Waals surface area (Å²) in [5.74, 6) is 0.266. The molecule has 1 aromatic rings. The Morgan fingerprint density at radius 3 is 2.80 bits per heavy atom. The first-order valence-corrected chi connectivity index (χ1v) is 8.18. The number of anilines is 1. The van der Waals surface area contributed by atoms with Crippen LogP contribution in [0.4, 0.5) is 5.69 Å². The summed E-state index contributed by atoms with van der Waals surface area (Å²) in [4.78, 5) is 2.24. The number of nitrogens with two attached hydrogens (primary N) is 2. The highest BCUT2D eigenvalue weighted by atomic mass is 32.2. The van der Waals surface area contributed by atoms with Gasteiger partial charge in [0.15, 0.2) is 0 Å². The highest BCUT2D eigenvalue weighted by Crippen LogP contribution is 2.26. The Balaban J connectivity index is 2.02. The third kappa shape index (κ3) is 3.62. The molecule has 1 heterocycles. The Hall–Kier alpha value is -1.31. The molecule has 0 aromatic heterocycles. The van der Waals surface area contributed by atoms with Crippen LogP contribution in [-0.4, -0.2) is 39.6 Å². The summed E-state index contributed by atoms with van der Waals surface area (Å²) in [5, 5.41) is 5.17. The Labute approximate surface area is 119 Å². The van der Waals surface area contributed by atoms with Gasteiger partial charge in [0, 0.05) is 11.7 Å². The van der Waals surface area contributed by atoms with Crippen LogP contribution in [0, 0.1) is 0 Å². The van der Waals surface area contributed by atoms with E-state index in [0.29, 0.717) is 18.3 Å². The molecule has 0 aliphatic carbocycles. The Morgan fingerprint density at radius 1 is 1.45 bits per heavy atom. The van der Waals surface area contributed by atoms with Gasteiger partial charge in [-0.1, -0.05) is 0 Å². The van der Waals surface area contributed by atoms with Gasteiger partial charge in [-0.15, -0.1) is 0 Å². The number of likely N-dealkylation sites (tertiary alicyclic amines) is 1. The average molecular weight is 299 g/mol. The van der Waals surface area contributed by atoms with Crippen LogP contribution in [0.15, 0.2) is 23.1 Å². The summed E-state index contributed by atoms with van der Waals surface area (Å²) in [6, 6.07) is 4.98. The van der Waals surface area contributed by atoms with Crippen molar-refractivity contribution in [3.8, 4) is 5.75 Å². The molecule has 0 bridgehead atoms. The van der Waals surface area contributed by atoms with Crippen molar-refractivity contribution in [1.82, 2.24) is 4.90 Å². The molecule has 0 amide bonds. The molecule has 1 unspecified atom stereocenters. The van der Waals surface area contributed by atoms with E-state index in [-0.39, 0.29) is 10.6 Å². The van der Waals surface area contributed by atoms with Gasteiger partial charge in [-0.2, -0.15) is 0 Å². The van der Waals surface area contributed by atoms with Crippen LogP contribution < -0.4 is 15.6 Å². The minimum atomic E-state index is -3.83. The van der Waals surface area contributed by atoms with E-state index in [2.05, 4.69) is 11.9 Å². The van der Waals surface area contributed by atoms with Crippen LogP contribution in [0.25, 0.3) is 0 Å². The molecule has 112 valence electrons. The molecule has 0 radical (unpaired) electrons. The monoisotopic (exact) mass is 299 g/mol.